The molecule has 7 heteroatoms. The molecule has 0 saturated heterocycles. The Labute approximate surface area is 148 Å². The van der Waals surface area contributed by atoms with Gasteiger partial charge in [0.1, 0.15) is 0 Å². The van der Waals surface area contributed by atoms with Gasteiger partial charge in [-0.2, -0.15) is 5.10 Å². The summed E-state index contributed by atoms with van der Waals surface area (Å²) in [6.07, 6.45) is 0. The lowest BCUT2D eigenvalue weighted by molar-refractivity contribution is 0.977. The topological polar surface area (TPSA) is 36.4 Å². The highest BCUT2D eigenvalue weighted by Crippen LogP contribution is 2.43. The van der Waals surface area contributed by atoms with Crippen LogP contribution in [0.4, 0.5) is 0 Å². The molecule has 0 aromatic heterocycles. The van der Waals surface area contributed by atoms with Gasteiger partial charge in [-0.15, -0.1) is 0 Å². The molecule has 2 N–H and O–H groups in total. The largest absolute Gasteiger partial charge is 0.364 e. The molecule has 0 aliphatic heterocycles. The molecule has 0 saturated carbocycles. The lowest BCUT2D eigenvalue weighted by Crippen LogP contribution is -2.29. The maximum atomic E-state index is 6.37. The monoisotopic (exact) mass is 369 g/mol. The zero-order valence-corrected chi connectivity index (χ0v) is 14.5. The first-order valence-electron chi connectivity index (χ1n) is 6.36. The summed E-state index contributed by atoms with van der Waals surface area (Å²) in [6.45, 7) is 0. The number of fused-ring (bicyclic) bond motifs is 3. The molecule has 0 heterocycles. The Morgan fingerprint density at radius 2 is 1.73 bits per heavy atom. The van der Waals surface area contributed by atoms with Gasteiger partial charge in [-0.25, -0.2) is 0 Å². The van der Waals surface area contributed by atoms with Gasteiger partial charge in [0.2, 0.25) is 0 Å². The third-order valence-corrected chi connectivity index (χ3v) is 4.36. The van der Waals surface area contributed by atoms with Crippen LogP contribution >= 0.6 is 47.0 Å². The number of hydrogen-bond donors (Lipinski definition) is 2. The van der Waals surface area contributed by atoms with E-state index in [1.54, 1.807) is 13.1 Å². The number of thiocarbonyl (C=S) groups is 1. The van der Waals surface area contributed by atoms with E-state index in [1.165, 1.54) is 0 Å². The Morgan fingerprint density at radius 1 is 1.00 bits per heavy atom. The molecule has 0 radical (unpaired) electrons. The van der Waals surface area contributed by atoms with Crippen molar-refractivity contribution >= 4 is 57.8 Å². The molecule has 0 atom stereocenters. The van der Waals surface area contributed by atoms with Gasteiger partial charge < -0.3 is 5.32 Å². The normalized spacial score (nSPS) is 13.7. The van der Waals surface area contributed by atoms with E-state index in [1.807, 2.05) is 24.3 Å². The minimum atomic E-state index is 0.414. The molecular weight excluding hydrogens is 361 g/mol. The van der Waals surface area contributed by atoms with Gasteiger partial charge in [0.05, 0.1) is 10.7 Å². The molecule has 22 heavy (non-hydrogen) atoms. The molecular formula is C15H10Cl3N3S. The van der Waals surface area contributed by atoms with Crippen molar-refractivity contribution in [2.24, 2.45) is 5.10 Å². The van der Waals surface area contributed by atoms with Crippen LogP contribution in [-0.4, -0.2) is 17.9 Å². The highest BCUT2D eigenvalue weighted by molar-refractivity contribution is 7.80. The lowest BCUT2D eigenvalue weighted by atomic mass is 10.1. The standard InChI is InChI=1S/C15H10Cl3N3S/c1-19-15(22)21-20-14-10-4-7(16)2-3-9(10)13-11(14)5-8(17)6-12(13)18/h2-6H,1H3,(H2,19,21,22)/b20-14+. The molecule has 2 aromatic rings. The van der Waals surface area contributed by atoms with Crippen LogP contribution in [0, 0.1) is 0 Å². The Morgan fingerprint density at radius 3 is 2.45 bits per heavy atom. The van der Waals surface area contributed by atoms with E-state index in [4.69, 9.17) is 47.0 Å². The van der Waals surface area contributed by atoms with Gasteiger partial charge >= 0.3 is 0 Å². The predicted octanol–water partition coefficient (Wildman–Crippen LogP) is 4.47. The molecule has 112 valence electrons. The van der Waals surface area contributed by atoms with Crippen LogP contribution in [-0.2, 0) is 0 Å². The van der Waals surface area contributed by atoms with E-state index >= 15 is 0 Å². The van der Waals surface area contributed by atoms with Crippen LogP contribution < -0.4 is 10.7 Å². The Hall–Kier alpha value is -1.33. The second kappa shape index (κ2) is 6.05. The van der Waals surface area contributed by atoms with Crippen molar-refractivity contribution in [1.82, 2.24) is 10.7 Å². The maximum Gasteiger partial charge on any atom is 0.186 e. The number of benzene rings is 2. The van der Waals surface area contributed by atoms with Crippen LogP contribution in [0.5, 0.6) is 0 Å². The number of rotatable bonds is 1. The summed E-state index contributed by atoms with van der Waals surface area (Å²) in [5.41, 5.74) is 7.10. The molecule has 0 amide bonds. The molecule has 3 rings (SSSR count). The highest BCUT2D eigenvalue weighted by Gasteiger charge is 2.28. The summed E-state index contributed by atoms with van der Waals surface area (Å²) >= 11 is 23.7. The smallest absolute Gasteiger partial charge is 0.186 e. The van der Waals surface area contributed by atoms with E-state index in [-0.39, 0.29) is 0 Å². The van der Waals surface area contributed by atoms with E-state index in [0.29, 0.717) is 25.9 Å². The van der Waals surface area contributed by atoms with Crippen LogP contribution in [0.1, 0.15) is 11.1 Å². The van der Waals surface area contributed by atoms with Crippen molar-refractivity contribution in [2.45, 2.75) is 0 Å². The van der Waals surface area contributed by atoms with Crippen molar-refractivity contribution in [3.63, 3.8) is 0 Å². The molecule has 3 nitrogen and oxygen atoms in total. The second-order valence-electron chi connectivity index (χ2n) is 4.65. The maximum absolute atomic E-state index is 6.37. The minimum Gasteiger partial charge on any atom is -0.364 e. The SMILES string of the molecule is CNC(=S)N/N=C1\c2cc(Cl)ccc2-c2c(Cl)cc(Cl)cc21. The second-order valence-corrected chi connectivity index (χ2v) is 6.34. The van der Waals surface area contributed by atoms with Crippen LogP contribution in [0.2, 0.25) is 15.1 Å². The van der Waals surface area contributed by atoms with Crippen molar-refractivity contribution in [3.05, 3.63) is 56.5 Å². The number of nitrogens with one attached hydrogen (secondary N) is 2. The lowest BCUT2D eigenvalue weighted by Gasteiger charge is -2.06. The van der Waals surface area contributed by atoms with Gasteiger partial charge in [0.15, 0.2) is 5.11 Å². The molecule has 0 bridgehead atoms. The molecule has 0 unspecified atom stereocenters. The summed E-state index contributed by atoms with van der Waals surface area (Å²) < 4.78 is 0. The van der Waals surface area contributed by atoms with Crippen molar-refractivity contribution in [3.8, 4) is 11.1 Å². The third-order valence-electron chi connectivity index (χ3n) is 3.31. The van der Waals surface area contributed by atoms with E-state index in [2.05, 4.69) is 15.8 Å². The highest BCUT2D eigenvalue weighted by atomic mass is 35.5. The van der Waals surface area contributed by atoms with Crippen LogP contribution in [0.25, 0.3) is 11.1 Å². The molecule has 0 spiro atoms. The fourth-order valence-corrected chi connectivity index (χ4v) is 3.21. The number of nitrogens with zero attached hydrogens (tertiary/aromatic N) is 1. The third kappa shape index (κ3) is 2.68. The fraction of sp³-hybridized carbons (Fsp3) is 0.0667. The average molecular weight is 371 g/mol. The van der Waals surface area contributed by atoms with Gasteiger partial charge in [-0.1, -0.05) is 40.9 Å². The molecule has 2 aromatic carbocycles. The predicted molar refractivity (Wildman–Crippen MR) is 97.3 cm³/mol. The quantitative estimate of drug-likeness (QED) is 0.490. The zero-order valence-electron chi connectivity index (χ0n) is 11.4. The Balaban J connectivity index is 2.23. The summed E-state index contributed by atoms with van der Waals surface area (Å²) in [5.74, 6) is 0. The van der Waals surface area contributed by atoms with Crippen molar-refractivity contribution in [2.75, 3.05) is 7.05 Å². The average Bonchev–Trinajstić information content (AvgIpc) is 2.77. The Bertz CT molecular complexity index is 818. The van der Waals surface area contributed by atoms with E-state index < -0.39 is 0 Å². The zero-order chi connectivity index (χ0) is 15.9. The fourth-order valence-electron chi connectivity index (χ4n) is 2.39. The van der Waals surface area contributed by atoms with Crippen LogP contribution in [0.3, 0.4) is 0 Å². The van der Waals surface area contributed by atoms with Gasteiger partial charge in [0.25, 0.3) is 0 Å². The van der Waals surface area contributed by atoms with Crippen LogP contribution in [0.15, 0.2) is 35.4 Å². The summed E-state index contributed by atoms with van der Waals surface area (Å²) in [4.78, 5) is 0. The van der Waals surface area contributed by atoms with Gasteiger partial charge in [0, 0.05) is 33.8 Å². The van der Waals surface area contributed by atoms with Crippen molar-refractivity contribution < 1.29 is 0 Å². The minimum absolute atomic E-state index is 0.414. The van der Waals surface area contributed by atoms with Gasteiger partial charge in [-0.3, -0.25) is 5.43 Å². The van der Waals surface area contributed by atoms with Gasteiger partial charge in [-0.05, 0) is 42.0 Å². The molecule has 1 aliphatic carbocycles. The number of hydrazone groups is 1. The first-order valence-corrected chi connectivity index (χ1v) is 7.90. The number of halogens is 3. The summed E-state index contributed by atoms with van der Waals surface area (Å²) in [7, 11) is 1.72. The summed E-state index contributed by atoms with van der Waals surface area (Å²) in [5, 5.41) is 9.35. The molecule has 1 aliphatic rings. The number of hydrogen-bond acceptors (Lipinski definition) is 2. The van der Waals surface area contributed by atoms with Crippen molar-refractivity contribution in [1.29, 1.82) is 0 Å². The van der Waals surface area contributed by atoms with E-state index in [0.717, 1.165) is 22.3 Å². The summed E-state index contributed by atoms with van der Waals surface area (Å²) in [6, 6.07) is 9.15. The first-order chi connectivity index (χ1) is 10.5. The first kappa shape index (κ1) is 15.6. The Kier molecular flexibility index (Phi) is 4.28. The van der Waals surface area contributed by atoms with E-state index in [9.17, 15) is 0 Å². The molecule has 0 fully saturated rings.